The molecule has 0 saturated carbocycles. The van der Waals surface area contributed by atoms with Crippen LogP contribution in [0.1, 0.15) is 77.3 Å². The molecule has 6 heteroatoms. The summed E-state index contributed by atoms with van der Waals surface area (Å²) < 4.78 is 22.4. The molecular weight excluding hydrogens is 456 g/mol. The van der Waals surface area contributed by atoms with Gasteiger partial charge in [0, 0.05) is 21.5 Å². The SMILES string of the molecule is CCCCCOC(=O)Oc1c2cc(CC)ccc2c(OC(=O)OCCCCC)c2c(CC)cccc12. The number of unbranched alkanes of at least 4 members (excludes halogenated alkanes) is 4. The Morgan fingerprint density at radius 1 is 0.667 bits per heavy atom. The maximum atomic E-state index is 12.7. The molecule has 0 saturated heterocycles. The van der Waals surface area contributed by atoms with Crippen LogP contribution in [0.25, 0.3) is 21.5 Å². The van der Waals surface area contributed by atoms with Crippen molar-refractivity contribution in [1.29, 1.82) is 0 Å². The second-order valence-corrected chi connectivity index (χ2v) is 8.90. The number of hydrogen-bond acceptors (Lipinski definition) is 6. The van der Waals surface area contributed by atoms with Gasteiger partial charge in [-0.25, -0.2) is 9.59 Å². The summed E-state index contributed by atoms with van der Waals surface area (Å²) in [6.07, 6.45) is 5.67. The van der Waals surface area contributed by atoms with Crippen LogP contribution in [0.2, 0.25) is 0 Å². The summed E-state index contributed by atoms with van der Waals surface area (Å²) in [6.45, 7) is 8.91. The summed E-state index contributed by atoms with van der Waals surface area (Å²) in [5.74, 6) is 0.832. The van der Waals surface area contributed by atoms with E-state index in [4.69, 9.17) is 18.9 Å². The van der Waals surface area contributed by atoms with E-state index in [1.54, 1.807) is 0 Å². The van der Waals surface area contributed by atoms with Crippen molar-refractivity contribution in [1.82, 2.24) is 0 Å². The molecule has 0 unspecified atom stereocenters. The first-order valence-electron chi connectivity index (χ1n) is 13.2. The molecule has 0 aliphatic carbocycles. The van der Waals surface area contributed by atoms with Gasteiger partial charge in [-0.3, -0.25) is 0 Å². The first-order valence-corrected chi connectivity index (χ1v) is 13.2. The third kappa shape index (κ3) is 6.68. The topological polar surface area (TPSA) is 71.1 Å². The van der Waals surface area contributed by atoms with Gasteiger partial charge in [0.25, 0.3) is 0 Å². The van der Waals surface area contributed by atoms with E-state index in [9.17, 15) is 9.59 Å². The fourth-order valence-electron chi connectivity index (χ4n) is 4.29. The van der Waals surface area contributed by atoms with Crippen molar-refractivity contribution in [2.45, 2.75) is 79.1 Å². The minimum absolute atomic E-state index is 0.314. The van der Waals surface area contributed by atoms with Gasteiger partial charge in [0.15, 0.2) is 5.75 Å². The molecule has 0 atom stereocenters. The number of carbonyl (C=O) groups excluding carboxylic acids is 2. The van der Waals surface area contributed by atoms with Crippen LogP contribution in [-0.4, -0.2) is 25.5 Å². The third-order valence-corrected chi connectivity index (χ3v) is 6.29. The predicted octanol–water partition coefficient (Wildman–Crippen LogP) is 8.53. The molecule has 36 heavy (non-hydrogen) atoms. The zero-order valence-corrected chi connectivity index (χ0v) is 22.0. The van der Waals surface area contributed by atoms with E-state index in [1.165, 1.54) is 0 Å². The van der Waals surface area contributed by atoms with Gasteiger partial charge in [-0.2, -0.15) is 0 Å². The van der Waals surface area contributed by atoms with Crippen molar-refractivity contribution in [3.05, 3.63) is 47.5 Å². The summed E-state index contributed by atoms with van der Waals surface area (Å²) >= 11 is 0. The normalized spacial score (nSPS) is 11.0. The van der Waals surface area contributed by atoms with E-state index < -0.39 is 12.3 Å². The van der Waals surface area contributed by atoms with Crippen molar-refractivity contribution in [2.75, 3.05) is 13.2 Å². The maximum Gasteiger partial charge on any atom is 0.513 e. The van der Waals surface area contributed by atoms with E-state index in [-0.39, 0.29) is 0 Å². The van der Waals surface area contributed by atoms with E-state index in [0.717, 1.165) is 61.5 Å². The molecule has 3 rings (SSSR count). The minimum Gasteiger partial charge on any atom is -0.434 e. The Bertz CT molecular complexity index is 1180. The number of hydrogen-bond donors (Lipinski definition) is 0. The highest BCUT2D eigenvalue weighted by molar-refractivity contribution is 6.13. The fraction of sp³-hybridized carbons (Fsp3) is 0.467. The number of aryl methyl sites for hydroxylation is 2. The van der Waals surface area contributed by atoms with E-state index >= 15 is 0 Å². The fourth-order valence-corrected chi connectivity index (χ4v) is 4.29. The highest BCUT2D eigenvalue weighted by Gasteiger charge is 2.23. The average molecular weight is 495 g/mol. The summed E-state index contributed by atoms with van der Waals surface area (Å²) in [5.41, 5.74) is 2.05. The molecule has 0 spiro atoms. The lowest BCUT2D eigenvalue weighted by molar-refractivity contribution is 0.0966. The van der Waals surface area contributed by atoms with Crippen LogP contribution in [0, 0.1) is 0 Å². The Morgan fingerprint density at radius 2 is 1.31 bits per heavy atom. The molecule has 0 radical (unpaired) electrons. The monoisotopic (exact) mass is 494 g/mol. The largest absolute Gasteiger partial charge is 0.513 e. The molecule has 3 aromatic rings. The number of rotatable bonds is 12. The Kier molecular flexibility index (Phi) is 10.4. The number of benzene rings is 3. The van der Waals surface area contributed by atoms with Gasteiger partial charge in [-0.15, -0.1) is 0 Å². The molecule has 0 aromatic heterocycles. The first-order chi connectivity index (χ1) is 17.5. The molecule has 3 aromatic carbocycles. The standard InChI is InChI=1S/C30H38O6/c1-5-9-11-18-33-29(31)35-27-24-15-13-14-22(8-4)26(24)28(36-30(32)34-19-12-10-6-2)23-17-16-21(7-3)20-25(23)27/h13-17,20H,5-12,18-19H2,1-4H3. The predicted molar refractivity (Wildman–Crippen MR) is 143 cm³/mol. The van der Waals surface area contributed by atoms with Gasteiger partial charge in [-0.1, -0.05) is 83.7 Å². The molecular formula is C30H38O6. The van der Waals surface area contributed by atoms with E-state index in [1.807, 2.05) is 43.3 Å². The quantitative estimate of drug-likeness (QED) is 0.109. The molecule has 0 fully saturated rings. The zero-order chi connectivity index (χ0) is 25.9. The van der Waals surface area contributed by atoms with Crippen LogP contribution < -0.4 is 9.47 Å². The van der Waals surface area contributed by atoms with Crippen LogP contribution in [0.15, 0.2) is 36.4 Å². The molecule has 0 bridgehead atoms. The highest BCUT2D eigenvalue weighted by Crippen LogP contribution is 2.45. The number of carbonyl (C=O) groups is 2. The van der Waals surface area contributed by atoms with Gasteiger partial charge in [0.05, 0.1) is 13.2 Å². The molecule has 6 nitrogen and oxygen atoms in total. The van der Waals surface area contributed by atoms with Gasteiger partial charge in [0.2, 0.25) is 0 Å². The second kappa shape index (κ2) is 13.7. The van der Waals surface area contributed by atoms with Gasteiger partial charge >= 0.3 is 12.3 Å². The molecule has 0 N–H and O–H groups in total. The van der Waals surface area contributed by atoms with Crippen molar-refractivity contribution >= 4 is 33.9 Å². The Morgan fingerprint density at radius 3 is 1.89 bits per heavy atom. The highest BCUT2D eigenvalue weighted by atomic mass is 16.7. The maximum absolute atomic E-state index is 12.7. The second-order valence-electron chi connectivity index (χ2n) is 8.90. The van der Waals surface area contributed by atoms with Gasteiger partial charge in [0.1, 0.15) is 5.75 Å². The summed E-state index contributed by atoms with van der Waals surface area (Å²) in [7, 11) is 0. The van der Waals surface area contributed by atoms with Crippen LogP contribution in [0.5, 0.6) is 11.5 Å². The molecule has 194 valence electrons. The Labute approximate surface area is 213 Å². The Hall–Kier alpha value is -3.28. The van der Waals surface area contributed by atoms with Crippen molar-refractivity contribution in [3.8, 4) is 11.5 Å². The molecule has 0 amide bonds. The number of ether oxygens (including phenoxy) is 4. The lowest BCUT2D eigenvalue weighted by atomic mass is 9.94. The van der Waals surface area contributed by atoms with Crippen molar-refractivity contribution in [3.63, 3.8) is 0 Å². The van der Waals surface area contributed by atoms with Crippen LogP contribution in [0.4, 0.5) is 9.59 Å². The van der Waals surface area contributed by atoms with Crippen LogP contribution in [0.3, 0.4) is 0 Å². The zero-order valence-electron chi connectivity index (χ0n) is 22.0. The summed E-state index contributed by atoms with van der Waals surface area (Å²) in [6, 6.07) is 11.7. The average Bonchev–Trinajstić information content (AvgIpc) is 2.90. The van der Waals surface area contributed by atoms with Crippen LogP contribution in [-0.2, 0) is 22.3 Å². The van der Waals surface area contributed by atoms with E-state index in [0.29, 0.717) is 47.3 Å². The molecule has 0 heterocycles. The minimum atomic E-state index is -0.735. The molecule has 0 aliphatic heterocycles. The molecule has 0 aliphatic rings. The van der Waals surface area contributed by atoms with Gasteiger partial charge in [-0.05, 0) is 42.9 Å². The lowest BCUT2D eigenvalue weighted by Crippen LogP contribution is -2.14. The van der Waals surface area contributed by atoms with Crippen molar-refractivity contribution < 1.29 is 28.5 Å². The van der Waals surface area contributed by atoms with Crippen molar-refractivity contribution in [2.24, 2.45) is 0 Å². The van der Waals surface area contributed by atoms with Gasteiger partial charge < -0.3 is 18.9 Å². The summed E-state index contributed by atoms with van der Waals surface area (Å²) in [5, 5.41) is 2.79. The lowest BCUT2D eigenvalue weighted by Gasteiger charge is -2.18. The third-order valence-electron chi connectivity index (χ3n) is 6.29. The summed E-state index contributed by atoms with van der Waals surface area (Å²) in [4.78, 5) is 25.3. The Balaban J connectivity index is 2.10. The van der Waals surface area contributed by atoms with E-state index in [2.05, 4.69) is 20.8 Å². The first kappa shape index (κ1) is 27.3. The smallest absolute Gasteiger partial charge is 0.434 e. The number of fused-ring (bicyclic) bond motifs is 2. The van der Waals surface area contributed by atoms with Crippen LogP contribution >= 0.6 is 0 Å².